The van der Waals surface area contributed by atoms with Crippen LogP contribution in [0.15, 0.2) is 50.5 Å². The average Bonchev–Trinajstić information content (AvgIpc) is 3.12. The monoisotopic (exact) mass is 448 g/mol. The van der Waals surface area contributed by atoms with Crippen molar-refractivity contribution in [1.29, 1.82) is 0 Å². The lowest BCUT2D eigenvalue weighted by Crippen LogP contribution is -1.99. The summed E-state index contributed by atoms with van der Waals surface area (Å²) in [5.41, 5.74) is 3.13. The number of aromatic nitrogens is 2. The number of thioether (sulfide) groups is 1. The van der Waals surface area contributed by atoms with Gasteiger partial charge in [-0.3, -0.25) is 0 Å². The molecule has 0 saturated carbocycles. The highest BCUT2D eigenvalue weighted by molar-refractivity contribution is 9.10. The highest BCUT2D eigenvalue weighted by Crippen LogP contribution is 2.37. The highest BCUT2D eigenvalue weighted by atomic mass is 79.9. The first-order valence-corrected chi connectivity index (χ1v) is 10.5. The molecule has 0 amide bonds. The number of nitrogens with zero attached hydrogens (tertiary/aromatic N) is 2. The summed E-state index contributed by atoms with van der Waals surface area (Å²) in [6.45, 7) is 7.10. The van der Waals surface area contributed by atoms with Crippen LogP contribution in [-0.4, -0.2) is 23.4 Å². The summed E-state index contributed by atoms with van der Waals surface area (Å²) in [7, 11) is 0. The topological polar surface area (TPSA) is 57.4 Å². The number of rotatable bonds is 8. The summed E-state index contributed by atoms with van der Waals surface area (Å²) in [6, 6.07) is 11.9. The van der Waals surface area contributed by atoms with Gasteiger partial charge in [-0.05, 0) is 50.1 Å². The molecule has 27 heavy (non-hydrogen) atoms. The van der Waals surface area contributed by atoms with E-state index in [2.05, 4.69) is 26.1 Å². The van der Waals surface area contributed by atoms with Gasteiger partial charge in [0, 0.05) is 15.8 Å². The zero-order chi connectivity index (χ0) is 19.2. The van der Waals surface area contributed by atoms with Crippen LogP contribution in [0.25, 0.3) is 11.5 Å². The molecule has 3 rings (SSSR count). The molecule has 0 bridgehead atoms. The van der Waals surface area contributed by atoms with Gasteiger partial charge in [0.15, 0.2) is 11.5 Å². The molecule has 2 aromatic carbocycles. The maximum Gasteiger partial charge on any atom is 0.277 e. The van der Waals surface area contributed by atoms with Crippen molar-refractivity contribution < 1.29 is 13.9 Å². The van der Waals surface area contributed by atoms with Gasteiger partial charge in [0.05, 0.1) is 13.2 Å². The van der Waals surface area contributed by atoms with Gasteiger partial charge in [0.25, 0.3) is 5.22 Å². The standard InChI is InChI=1S/C20H21BrN2O3S/c1-4-24-17-10-14(16(21)11-18(17)25-5-2)12-27-20-23-22-19(26-20)15-9-7-6-8-13(15)3/h6-11H,4-5,12H2,1-3H3. The molecule has 0 aliphatic heterocycles. The van der Waals surface area contributed by atoms with Gasteiger partial charge >= 0.3 is 0 Å². The Bertz CT molecular complexity index is 914. The zero-order valence-corrected chi connectivity index (χ0v) is 17.9. The first-order valence-electron chi connectivity index (χ1n) is 8.72. The summed E-state index contributed by atoms with van der Waals surface area (Å²) in [6.07, 6.45) is 0. The molecule has 142 valence electrons. The van der Waals surface area contributed by atoms with E-state index in [-0.39, 0.29) is 0 Å². The van der Waals surface area contributed by atoms with Gasteiger partial charge < -0.3 is 13.9 Å². The molecule has 0 saturated heterocycles. The molecule has 0 aliphatic rings. The molecule has 0 atom stereocenters. The lowest BCUT2D eigenvalue weighted by Gasteiger charge is -2.13. The lowest BCUT2D eigenvalue weighted by atomic mass is 10.1. The van der Waals surface area contributed by atoms with Gasteiger partial charge in [0.2, 0.25) is 5.89 Å². The summed E-state index contributed by atoms with van der Waals surface area (Å²) in [5, 5.41) is 8.87. The third-order valence-corrected chi connectivity index (χ3v) is 5.45. The Labute approximate surface area is 171 Å². The summed E-state index contributed by atoms with van der Waals surface area (Å²) < 4.78 is 18.1. The van der Waals surface area contributed by atoms with Crippen molar-refractivity contribution in [3.8, 4) is 23.0 Å². The van der Waals surface area contributed by atoms with Crippen LogP contribution in [0.1, 0.15) is 25.0 Å². The number of benzene rings is 2. The maximum absolute atomic E-state index is 5.82. The second-order valence-electron chi connectivity index (χ2n) is 5.73. The van der Waals surface area contributed by atoms with Crippen LogP contribution in [0.3, 0.4) is 0 Å². The molecule has 5 nitrogen and oxygen atoms in total. The molecule has 0 unspecified atom stereocenters. The van der Waals surface area contributed by atoms with Crippen LogP contribution in [0.4, 0.5) is 0 Å². The number of halogens is 1. The Morgan fingerprint density at radius 2 is 1.74 bits per heavy atom. The molecule has 7 heteroatoms. The Hall–Kier alpha value is -1.99. The SMILES string of the molecule is CCOc1cc(Br)c(CSc2nnc(-c3ccccc3C)o2)cc1OCC. The number of hydrogen-bond acceptors (Lipinski definition) is 6. The van der Waals surface area contributed by atoms with Crippen molar-refractivity contribution in [2.75, 3.05) is 13.2 Å². The molecule has 1 heterocycles. The van der Waals surface area contributed by atoms with Gasteiger partial charge in [-0.1, -0.05) is 45.9 Å². The molecule has 0 N–H and O–H groups in total. The van der Waals surface area contributed by atoms with Gasteiger partial charge in [0.1, 0.15) is 0 Å². The third kappa shape index (κ3) is 4.84. The van der Waals surface area contributed by atoms with Gasteiger partial charge in [-0.15, -0.1) is 10.2 Å². The Kier molecular flexibility index (Phi) is 6.79. The predicted molar refractivity (Wildman–Crippen MR) is 111 cm³/mol. The van der Waals surface area contributed by atoms with E-state index in [1.165, 1.54) is 11.8 Å². The molecule has 0 aliphatic carbocycles. The fourth-order valence-corrected chi connectivity index (χ4v) is 3.96. The van der Waals surface area contributed by atoms with E-state index in [4.69, 9.17) is 13.9 Å². The van der Waals surface area contributed by atoms with Crippen LogP contribution in [0.5, 0.6) is 11.5 Å². The van der Waals surface area contributed by atoms with Crippen molar-refractivity contribution >= 4 is 27.7 Å². The van der Waals surface area contributed by atoms with E-state index in [0.717, 1.165) is 32.7 Å². The second kappa shape index (κ2) is 9.28. The van der Waals surface area contributed by atoms with E-state index in [9.17, 15) is 0 Å². The number of aryl methyl sites for hydroxylation is 1. The number of hydrogen-bond donors (Lipinski definition) is 0. The van der Waals surface area contributed by atoms with Crippen LogP contribution >= 0.6 is 27.7 Å². The van der Waals surface area contributed by atoms with E-state index in [0.29, 0.717) is 30.1 Å². The molecular formula is C20H21BrN2O3S. The highest BCUT2D eigenvalue weighted by Gasteiger charge is 2.14. The van der Waals surface area contributed by atoms with Crippen molar-refractivity contribution in [1.82, 2.24) is 10.2 Å². The minimum Gasteiger partial charge on any atom is -0.490 e. The van der Waals surface area contributed by atoms with Crippen LogP contribution in [0, 0.1) is 6.92 Å². The van der Waals surface area contributed by atoms with Crippen LogP contribution in [-0.2, 0) is 5.75 Å². The van der Waals surface area contributed by atoms with Crippen molar-refractivity contribution in [3.63, 3.8) is 0 Å². The molecular weight excluding hydrogens is 428 g/mol. The molecule has 3 aromatic rings. The molecule has 0 fully saturated rings. The predicted octanol–water partition coefficient (Wildman–Crippen LogP) is 5.90. The average molecular weight is 449 g/mol. The summed E-state index contributed by atoms with van der Waals surface area (Å²) in [4.78, 5) is 0. The third-order valence-electron chi connectivity index (χ3n) is 3.85. The Morgan fingerprint density at radius 3 is 2.44 bits per heavy atom. The maximum atomic E-state index is 5.82. The first kappa shape index (κ1) is 19.8. The number of ether oxygens (including phenoxy) is 2. The second-order valence-corrected chi connectivity index (χ2v) is 7.51. The van der Waals surface area contributed by atoms with Crippen LogP contribution in [0.2, 0.25) is 0 Å². The first-order chi connectivity index (χ1) is 13.1. The minimum absolute atomic E-state index is 0.534. The van der Waals surface area contributed by atoms with Crippen molar-refractivity contribution in [3.05, 3.63) is 52.0 Å². The van der Waals surface area contributed by atoms with E-state index < -0.39 is 0 Å². The van der Waals surface area contributed by atoms with Gasteiger partial charge in [-0.25, -0.2) is 0 Å². The van der Waals surface area contributed by atoms with E-state index >= 15 is 0 Å². The lowest BCUT2D eigenvalue weighted by molar-refractivity contribution is 0.287. The molecule has 1 aromatic heterocycles. The molecule has 0 spiro atoms. The zero-order valence-electron chi connectivity index (χ0n) is 15.5. The van der Waals surface area contributed by atoms with E-state index in [1.807, 2.05) is 57.2 Å². The fraction of sp³-hybridized carbons (Fsp3) is 0.300. The van der Waals surface area contributed by atoms with E-state index in [1.54, 1.807) is 0 Å². The largest absolute Gasteiger partial charge is 0.490 e. The summed E-state index contributed by atoms with van der Waals surface area (Å²) >= 11 is 5.10. The molecule has 0 radical (unpaired) electrons. The van der Waals surface area contributed by atoms with Crippen LogP contribution < -0.4 is 9.47 Å². The van der Waals surface area contributed by atoms with Crippen molar-refractivity contribution in [2.45, 2.75) is 31.7 Å². The summed E-state index contributed by atoms with van der Waals surface area (Å²) in [5.74, 6) is 2.68. The Morgan fingerprint density at radius 1 is 1.04 bits per heavy atom. The van der Waals surface area contributed by atoms with Gasteiger partial charge in [-0.2, -0.15) is 0 Å². The Balaban J connectivity index is 1.75. The smallest absolute Gasteiger partial charge is 0.277 e. The fourth-order valence-electron chi connectivity index (χ4n) is 2.55. The van der Waals surface area contributed by atoms with Crippen molar-refractivity contribution in [2.24, 2.45) is 0 Å². The minimum atomic E-state index is 0.534. The quantitative estimate of drug-likeness (QED) is 0.400. The normalized spacial score (nSPS) is 10.8.